The van der Waals surface area contributed by atoms with Crippen LogP contribution in [0.25, 0.3) is 0 Å². The van der Waals surface area contributed by atoms with Crippen molar-refractivity contribution in [3.8, 4) is 0 Å². The van der Waals surface area contributed by atoms with Crippen molar-refractivity contribution in [1.82, 2.24) is 4.72 Å². The second kappa shape index (κ2) is 5.57. The number of hydrogen-bond donors (Lipinski definition) is 2. The molecule has 18 heavy (non-hydrogen) atoms. The maximum Gasteiger partial charge on any atom is 0.240 e. The van der Waals surface area contributed by atoms with E-state index >= 15 is 0 Å². The highest BCUT2D eigenvalue weighted by atomic mass is 35.5. The predicted octanol–water partition coefficient (Wildman–Crippen LogP) is 1.88. The topological polar surface area (TPSA) is 72.2 Å². The Bertz CT molecular complexity index is 527. The number of nitrogens with two attached hydrogens (primary N) is 1. The van der Waals surface area contributed by atoms with E-state index in [1.165, 1.54) is 18.6 Å². The van der Waals surface area contributed by atoms with E-state index in [0.29, 0.717) is 24.0 Å². The van der Waals surface area contributed by atoms with Crippen molar-refractivity contribution in [2.75, 3.05) is 6.54 Å². The van der Waals surface area contributed by atoms with Crippen LogP contribution in [0.2, 0.25) is 5.02 Å². The minimum absolute atomic E-state index is 0.198. The van der Waals surface area contributed by atoms with Crippen molar-refractivity contribution in [2.24, 2.45) is 11.7 Å². The number of nitrogens with one attached hydrogen (secondary N) is 1. The summed E-state index contributed by atoms with van der Waals surface area (Å²) in [5, 5.41) is 0.393. The lowest BCUT2D eigenvalue weighted by molar-refractivity contribution is 0.316. The molecule has 3 N–H and O–H groups in total. The molecular weight excluding hydrogens is 272 g/mol. The Hall–Kier alpha value is -0.620. The quantitative estimate of drug-likeness (QED) is 0.869. The summed E-state index contributed by atoms with van der Waals surface area (Å²) in [5.41, 5.74) is 6.23. The van der Waals surface area contributed by atoms with Gasteiger partial charge in [0, 0.05) is 18.1 Å². The number of rotatable bonds is 5. The molecule has 4 nitrogen and oxygen atoms in total. The van der Waals surface area contributed by atoms with Gasteiger partial charge in [-0.25, -0.2) is 13.1 Å². The van der Waals surface area contributed by atoms with E-state index in [4.69, 9.17) is 17.3 Å². The van der Waals surface area contributed by atoms with Crippen molar-refractivity contribution in [3.63, 3.8) is 0 Å². The zero-order valence-corrected chi connectivity index (χ0v) is 11.6. The van der Waals surface area contributed by atoms with E-state index in [-0.39, 0.29) is 4.90 Å². The van der Waals surface area contributed by atoms with E-state index < -0.39 is 10.0 Å². The maximum absolute atomic E-state index is 12.0. The Kier molecular flexibility index (Phi) is 4.27. The Balaban J connectivity index is 2.10. The fraction of sp³-hybridized carbons (Fsp3) is 0.500. The summed E-state index contributed by atoms with van der Waals surface area (Å²) in [4.78, 5) is 0.198. The summed E-state index contributed by atoms with van der Waals surface area (Å²) in [6, 6.07) is 4.64. The van der Waals surface area contributed by atoms with Crippen LogP contribution in [-0.2, 0) is 16.6 Å². The first kappa shape index (κ1) is 13.8. The van der Waals surface area contributed by atoms with Gasteiger partial charge in [-0.05, 0) is 36.5 Å². The fourth-order valence-electron chi connectivity index (χ4n) is 1.87. The zero-order valence-electron chi connectivity index (χ0n) is 10.0. The van der Waals surface area contributed by atoms with Gasteiger partial charge in [0.25, 0.3) is 0 Å². The summed E-state index contributed by atoms with van der Waals surface area (Å²) in [6.45, 7) is 0.813. The molecule has 1 aromatic rings. The molecule has 6 heteroatoms. The maximum atomic E-state index is 12.0. The van der Waals surface area contributed by atoms with Crippen LogP contribution in [0.5, 0.6) is 0 Å². The van der Waals surface area contributed by atoms with E-state index in [1.807, 2.05) is 0 Å². The molecule has 0 atom stereocenters. The van der Waals surface area contributed by atoms with Gasteiger partial charge in [-0.15, -0.1) is 0 Å². The third-order valence-corrected chi connectivity index (χ3v) is 5.11. The average molecular weight is 289 g/mol. The fourth-order valence-corrected chi connectivity index (χ4v) is 3.33. The summed E-state index contributed by atoms with van der Waals surface area (Å²) < 4.78 is 26.7. The second-order valence-corrected chi connectivity index (χ2v) is 6.78. The van der Waals surface area contributed by atoms with Gasteiger partial charge in [0.05, 0.1) is 4.90 Å². The summed E-state index contributed by atoms with van der Waals surface area (Å²) in [5.74, 6) is 0.485. The molecule has 0 heterocycles. The lowest BCUT2D eigenvalue weighted by atomic mass is 9.86. The molecule has 0 spiro atoms. The SMILES string of the molecule is NCc1ccc(S(=O)(=O)NCC2CCC2)cc1Cl. The van der Waals surface area contributed by atoms with Gasteiger partial charge >= 0.3 is 0 Å². The molecule has 0 aliphatic heterocycles. The molecular formula is C12H17ClN2O2S. The molecule has 0 bridgehead atoms. The van der Waals surface area contributed by atoms with Crippen LogP contribution in [0.1, 0.15) is 24.8 Å². The standard InChI is InChI=1S/C12H17ClN2O2S/c13-12-6-11(5-4-10(12)7-14)18(16,17)15-8-9-2-1-3-9/h4-6,9,15H,1-3,7-8,14H2. The Morgan fingerprint density at radius 2 is 2.11 bits per heavy atom. The summed E-state index contributed by atoms with van der Waals surface area (Å²) >= 11 is 5.96. The number of sulfonamides is 1. The Labute approximate surface area is 113 Å². The minimum atomic E-state index is -3.45. The molecule has 0 unspecified atom stereocenters. The van der Waals surface area contributed by atoms with E-state index in [1.54, 1.807) is 6.07 Å². The molecule has 1 saturated carbocycles. The number of hydrogen-bond acceptors (Lipinski definition) is 3. The Morgan fingerprint density at radius 1 is 1.39 bits per heavy atom. The van der Waals surface area contributed by atoms with Gasteiger partial charge in [0.1, 0.15) is 0 Å². The average Bonchev–Trinajstić information content (AvgIpc) is 2.26. The van der Waals surface area contributed by atoms with Crippen molar-refractivity contribution in [2.45, 2.75) is 30.7 Å². The van der Waals surface area contributed by atoms with Gasteiger partial charge in [0.15, 0.2) is 0 Å². The van der Waals surface area contributed by atoms with Crippen LogP contribution in [-0.4, -0.2) is 15.0 Å². The predicted molar refractivity (Wildman–Crippen MR) is 71.9 cm³/mol. The third kappa shape index (κ3) is 3.03. The number of benzene rings is 1. The smallest absolute Gasteiger partial charge is 0.240 e. The molecule has 0 radical (unpaired) electrons. The third-order valence-electron chi connectivity index (χ3n) is 3.34. The van der Waals surface area contributed by atoms with Crippen LogP contribution in [0, 0.1) is 5.92 Å². The van der Waals surface area contributed by atoms with E-state index in [2.05, 4.69) is 4.72 Å². The molecule has 1 fully saturated rings. The van der Waals surface area contributed by atoms with Crippen LogP contribution in [0.4, 0.5) is 0 Å². The van der Waals surface area contributed by atoms with E-state index in [0.717, 1.165) is 18.4 Å². The van der Waals surface area contributed by atoms with Gasteiger partial charge in [-0.1, -0.05) is 24.1 Å². The van der Waals surface area contributed by atoms with Crippen molar-refractivity contribution >= 4 is 21.6 Å². The first-order valence-corrected chi connectivity index (χ1v) is 7.87. The molecule has 2 rings (SSSR count). The lowest BCUT2D eigenvalue weighted by Gasteiger charge is -2.25. The minimum Gasteiger partial charge on any atom is -0.326 e. The van der Waals surface area contributed by atoms with E-state index in [9.17, 15) is 8.42 Å². The molecule has 100 valence electrons. The van der Waals surface area contributed by atoms with Gasteiger partial charge < -0.3 is 5.73 Å². The Morgan fingerprint density at radius 3 is 2.61 bits per heavy atom. The molecule has 0 aromatic heterocycles. The molecule has 0 amide bonds. The van der Waals surface area contributed by atoms with Crippen molar-refractivity contribution in [1.29, 1.82) is 0 Å². The van der Waals surface area contributed by atoms with Crippen molar-refractivity contribution < 1.29 is 8.42 Å². The van der Waals surface area contributed by atoms with Crippen LogP contribution in [0.15, 0.2) is 23.1 Å². The highest BCUT2D eigenvalue weighted by Gasteiger charge is 2.21. The molecule has 1 aromatic carbocycles. The van der Waals surface area contributed by atoms with Gasteiger partial charge in [-0.2, -0.15) is 0 Å². The summed E-state index contributed by atoms with van der Waals surface area (Å²) in [6.07, 6.45) is 3.41. The zero-order chi connectivity index (χ0) is 13.2. The monoisotopic (exact) mass is 288 g/mol. The highest BCUT2D eigenvalue weighted by molar-refractivity contribution is 7.89. The number of halogens is 1. The molecule has 1 aliphatic carbocycles. The normalized spacial score (nSPS) is 16.6. The van der Waals surface area contributed by atoms with Crippen LogP contribution < -0.4 is 10.5 Å². The highest BCUT2D eigenvalue weighted by Crippen LogP contribution is 2.26. The molecule has 0 saturated heterocycles. The first-order valence-electron chi connectivity index (χ1n) is 6.01. The van der Waals surface area contributed by atoms with Crippen LogP contribution in [0.3, 0.4) is 0 Å². The summed E-state index contributed by atoms with van der Waals surface area (Å²) in [7, 11) is -3.45. The lowest BCUT2D eigenvalue weighted by Crippen LogP contribution is -2.32. The van der Waals surface area contributed by atoms with Crippen LogP contribution >= 0.6 is 11.6 Å². The first-order chi connectivity index (χ1) is 8.53. The van der Waals surface area contributed by atoms with Crippen molar-refractivity contribution in [3.05, 3.63) is 28.8 Å². The van der Waals surface area contributed by atoms with Gasteiger partial charge in [-0.3, -0.25) is 0 Å². The second-order valence-electron chi connectivity index (χ2n) is 4.61. The largest absolute Gasteiger partial charge is 0.326 e. The van der Waals surface area contributed by atoms with Gasteiger partial charge in [0.2, 0.25) is 10.0 Å². The molecule has 1 aliphatic rings.